The van der Waals surface area contributed by atoms with Gasteiger partial charge < -0.3 is 10.5 Å². The molecule has 2 N–H and O–H groups in total. The summed E-state index contributed by atoms with van der Waals surface area (Å²) in [6.45, 7) is 1.11. The Kier molecular flexibility index (Phi) is 5.73. The number of hydrogen-bond donors (Lipinski definition) is 1. The van der Waals surface area contributed by atoms with Gasteiger partial charge in [0.2, 0.25) is 11.8 Å². The van der Waals surface area contributed by atoms with Crippen molar-refractivity contribution < 1.29 is 22.7 Å². The topological polar surface area (TPSA) is 87.2 Å². The van der Waals surface area contributed by atoms with Crippen molar-refractivity contribution in [3.05, 3.63) is 85.6 Å². The van der Waals surface area contributed by atoms with Gasteiger partial charge in [0.25, 0.3) is 5.56 Å². The highest BCUT2D eigenvalue weighted by molar-refractivity contribution is 9.10. The number of nitrogens with zero attached hydrogens (tertiary/aromatic N) is 2. The zero-order valence-electron chi connectivity index (χ0n) is 14.9. The van der Waals surface area contributed by atoms with Crippen LogP contribution in [-0.4, -0.2) is 15.5 Å². The first kappa shape index (κ1) is 20.6. The Hall–Kier alpha value is -3.14. The van der Waals surface area contributed by atoms with Gasteiger partial charge in [-0.05, 0) is 53.2 Å². The summed E-state index contributed by atoms with van der Waals surface area (Å²) in [5, 5.41) is 0. The quantitative estimate of drug-likeness (QED) is 0.622. The van der Waals surface area contributed by atoms with Crippen molar-refractivity contribution in [2.75, 3.05) is 0 Å². The molecule has 150 valence electrons. The molecule has 1 heterocycles. The van der Waals surface area contributed by atoms with E-state index in [0.29, 0.717) is 6.07 Å². The number of aryl methyl sites for hydroxylation is 1. The van der Waals surface area contributed by atoms with Crippen molar-refractivity contribution in [2.24, 2.45) is 5.73 Å². The van der Waals surface area contributed by atoms with E-state index in [1.807, 2.05) is 0 Å². The molecule has 2 aromatic carbocycles. The van der Waals surface area contributed by atoms with Crippen molar-refractivity contribution >= 4 is 21.8 Å². The number of ether oxygens (including phenoxy) is 1. The third kappa shape index (κ3) is 4.16. The summed E-state index contributed by atoms with van der Waals surface area (Å²) in [6, 6.07) is 6.32. The van der Waals surface area contributed by atoms with Crippen LogP contribution < -0.4 is 16.0 Å². The lowest BCUT2D eigenvalue weighted by Crippen LogP contribution is -2.25. The normalized spacial score (nSPS) is 10.8. The molecule has 0 bridgehead atoms. The van der Waals surface area contributed by atoms with E-state index in [0.717, 1.165) is 22.8 Å². The second-order valence-corrected chi connectivity index (χ2v) is 6.77. The predicted molar refractivity (Wildman–Crippen MR) is 101 cm³/mol. The second kappa shape index (κ2) is 8.08. The SMILES string of the molecule is Cc1nc(OCc2ccc(F)cc2F)c(Br)c(=O)n1-c1cc(C(N)=O)ccc1F. The molecule has 1 amide bonds. The van der Waals surface area contributed by atoms with Crippen LogP contribution >= 0.6 is 15.9 Å². The van der Waals surface area contributed by atoms with Crippen molar-refractivity contribution in [1.82, 2.24) is 9.55 Å². The summed E-state index contributed by atoms with van der Waals surface area (Å²) in [6.07, 6.45) is 0. The van der Waals surface area contributed by atoms with Crippen molar-refractivity contribution in [1.29, 1.82) is 0 Å². The van der Waals surface area contributed by atoms with E-state index in [4.69, 9.17) is 10.5 Å². The summed E-state index contributed by atoms with van der Waals surface area (Å²) in [4.78, 5) is 28.2. The van der Waals surface area contributed by atoms with E-state index in [1.54, 1.807) is 0 Å². The lowest BCUT2D eigenvalue weighted by Gasteiger charge is -2.14. The molecule has 0 atom stereocenters. The molecule has 0 saturated heterocycles. The van der Waals surface area contributed by atoms with E-state index in [9.17, 15) is 22.8 Å². The Morgan fingerprint density at radius 1 is 1.17 bits per heavy atom. The van der Waals surface area contributed by atoms with Crippen LogP contribution in [0.4, 0.5) is 13.2 Å². The minimum Gasteiger partial charge on any atom is -0.472 e. The van der Waals surface area contributed by atoms with Gasteiger partial charge in [-0.3, -0.25) is 14.2 Å². The molecule has 0 unspecified atom stereocenters. The molecular formula is C19H13BrF3N3O3. The fourth-order valence-electron chi connectivity index (χ4n) is 2.58. The summed E-state index contributed by atoms with van der Waals surface area (Å²) in [7, 11) is 0. The molecule has 6 nitrogen and oxygen atoms in total. The fourth-order valence-corrected chi connectivity index (χ4v) is 2.96. The van der Waals surface area contributed by atoms with Crippen molar-refractivity contribution in [2.45, 2.75) is 13.5 Å². The summed E-state index contributed by atoms with van der Waals surface area (Å²) >= 11 is 3.05. The van der Waals surface area contributed by atoms with E-state index < -0.39 is 28.9 Å². The maximum Gasteiger partial charge on any atom is 0.276 e. The molecular weight excluding hydrogens is 455 g/mol. The van der Waals surface area contributed by atoms with Gasteiger partial charge in [-0.25, -0.2) is 13.2 Å². The number of nitrogens with two attached hydrogens (primary N) is 1. The lowest BCUT2D eigenvalue weighted by atomic mass is 10.2. The van der Waals surface area contributed by atoms with Gasteiger partial charge in [-0.15, -0.1) is 0 Å². The zero-order valence-corrected chi connectivity index (χ0v) is 16.5. The second-order valence-electron chi connectivity index (χ2n) is 5.97. The zero-order chi connectivity index (χ0) is 21.3. The lowest BCUT2D eigenvalue weighted by molar-refractivity contribution is 0.1000. The standard InChI is InChI=1S/C19H13BrF3N3O3/c1-9-25-18(29-8-11-2-4-12(21)7-14(11)23)16(20)19(28)26(9)15-6-10(17(24)27)3-5-13(15)22/h2-7H,8H2,1H3,(H2,24,27). The highest BCUT2D eigenvalue weighted by Gasteiger charge is 2.19. The van der Waals surface area contributed by atoms with Gasteiger partial charge in [0.1, 0.15) is 34.4 Å². The van der Waals surface area contributed by atoms with Crippen molar-refractivity contribution in [3.8, 4) is 11.6 Å². The Morgan fingerprint density at radius 2 is 1.90 bits per heavy atom. The largest absolute Gasteiger partial charge is 0.472 e. The molecule has 10 heteroatoms. The Balaban J connectivity index is 2.00. The summed E-state index contributed by atoms with van der Waals surface area (Å²) in [5.74, 6) is -3.20. The van der Waals surface area contributed by atoms with Gasteiger partial charge in [0.15, 0.2) is 0 Å². The third-order valence-electron chi connectivity index (χ3n) is 4.02. The van der Waals surface area contributed by atoms with Gasteiger partial charge in [0.05, 0.1) is 5.69 Å². The number of benzene rings is 2. The summed E-state index contributed by atoms with van der Waals surface area (Å²) < 4.78 is 47.2. The first-order chi connectivity index (χ1) is 13.7. The van der Waals surface area contributed by atoms with Crippen LogP contribution in [0, 0.1) is 24.4 Å². The Morgan fingerprint density at radius 3 is 2.55 bits per heavy atom. The molecule has 0 saturated carbocycles. The third-order valence-corrected chi connectivity index (χ3v) is 4.70. The average molecular weight is 468 g/mol. The Bertz CT molecular complexity index is 1180. The molecule has 0 radical (unpaired) electrons. The minimum atomic E-state index is -0.809. The van der Waals surface area contributed by atoms with E-state index in [-0.39, 0.29) is 39.6 Å². The molecule has 0 aliphatic heterocycles. The van der Waals surface area contributed by atoms with E-state index in [2.05, 4.69) is 20.9 Å². The fraction of sp³-hybridized carbons (Fsp3) is 0.105. The number of carbonyl (C=O) groups is 1. The van der Waals surface area contributed by atoms with Gasteiger partial charge in [-0.1, -0.05) is 0 Å². The highest BCUT2D eigenvalue weighted by Crippen LogP contribution is 2.23. The summed E-state index contributed by atoms with van der Waals surface area (Å²) in [5.41, 5.74) is 4.35. The number of aromatic nitrogens is 2. The number of amides is 1. The van der Waals surface area contributed by atoms with Gasteiger partial charge in [-0.2, -0.15) is 4.98 Å². The maximum absolute atomic E-state index is 14.3. The van der Waals surface area contributed by atoms with Crippen LogP contribution in [0.15, 0.2) is 45.7 Å². The number of rotatable bonds is 5. The molecule has 1 aromatic heterocycles. The number of hydrogen-bond acceptors (Lipinski definition) is 4. The van der Waals surface area contributed by atoms with Crippen LogP contribution in [-0.2, 0) is 6.61 Å². The van der Waals surface area contributed by atoms with Crippen LogP contribution in [0.2, 0.25) is 0 Å². The van der Waals surface area contributed by atoms with Crippen LogP contribution in [0.3, 0.4) is 0 Å². The number of primary amides is 1. The van der Waals surface area contributed by atoms with E-state index >= 15 is 0 Å². The molecule has 3 rings (SSSR count). The average Bonchev–Trinajstić information content (AvgIpc) is 2.66. The smallest absolute Gasteiger partial charge is 0.276 e. The molecule has 0 aliphatic carbocycles. The van der Waals surface area contributed by atoms with Crippen LogP contribution in [0.5, 0.6) is 5.88 Å². The first-order valence-electron chi connectivity index (χ1n) is 8.14. The highest BCUT2D eigenvalue weighted by atomic mass is 79.9. The first-order valence-corrected chi connectivity index (χ1v) is 8.94. The molecule has 29 heavy (non-hydrogen) atoms. The van der Waals surface area contributed by atoms with Gasteiger partial charge >= 0.3 is 0 Å². The van der Waals surface area contributed by atoms with Crippen LogP contribution in [0.25, 0.3) is 5.69 Å². The van der Waals surface area contributed by atoms with Crippen molar-refractivity contribution in [3.63, 3.8) is 0 Å². The minimum absolute atomic E-state index is 0.0101. The molecule has 0 aliphatic rings. The van der Waals surface area contributed by atoms with Gasteiger partial charge in [0, 0.05) is 17.2 Å². The number of carbonyl (C=O) groups excluding carboxylic acids is 1. The number of halogens is 4. The maximum atomic E-state index is 14.3. The Labute approximate surface area is 170 Å². The van der Waals surface area contributed by atoms with Crippen LogP contribution in [0.1, 0.15) is 21.7 Å². The van der Waals surface area contributed by atoms with E-state index in [1.165, 1.54) is 19.1 Å². The predicted octanol–water partition coefficient (Wildman–Crippen LogP) is 3.40. The molecule has 3 aromatic rings. The monoisotopic (exact) mass is 467 g/mol. The molecule has 0 spiro atoms. The molecule has 0 fully saturated rings.